The largest absolute Gasteiger partial charge is 0.506 e. The maximum absolute atomic E-state index is 9.65. The van der Waals surface area contributed by atoms with Crippen LogP contribution < -0.4 is 0 Å². The molecule has 0 atom stereocenters. The molecular formula is C10H9Cl2NO. The molecule has 4 heteroatoms. The van der Waals surface area contributed by atoms with Crippen LogP contribution in [-0.4, -0.2) is 5.11 Å². The summed E-state index contributed by atoms with van der Waals surface area (Å²) in [4.78, 5) is 0. The van der Waals surface area contributed by atoms with Crippen molar-refractivity contribution in [3.8, 4) is 11.8 Å². The van der Waals surface area contributed by atoms with Crippen molar-refractivity contribution in [2.75, 3.05) is 0 Å². The first-order valence-corrected chi connectivity index (χ1v) is 4.74. The number of halogens is 2. The molecule has 0 saturated heterocycles. The zero-order chi connectivity index (χ0) is 10.9. The second kappa shape index (κ2) is 3.68. The summed E-state index contributed by atoms with van der Waals surface area (Å²) in [5.74, 6) is -0.0809. The smallest absolute Gasteiger partial charge is 0.139 e. The standard InChI is InChI=1S/C10H9Cl2NO/c1-10(2,5-13)7-3-6(11)4-8(12)9(7)14/h3-4,14H,1-2H3. The molecular weight excluding hydrogens is 221 g/mol. The highest BCUT2D eigenvalue weighted by molar-refractivity contribution is 6.35. The minimum absolute atomic E-state index is 0.0809. The van der Waals surface area contributed by atoms with Crippen molar-refractivity contribution in [2.45, 2.75) is 19.3 Å². The lowest BCUT2D eigenvalue weighted by molar-refractivity contribution is 0.457. The van der Waals surface area contributed by atoms with E-state index in [0.717, 1.165) is 0 Å². The first-order chi connectivity index (χ1) is 6.38. The minimum Gasteiger partial charge on any atom is -0.506 e. The average molecular weight is 230 g/mol. The molecule has 0 radical (unpaired) electrons. The fourth-order valence-electron chi connectivity index (χ4n) is 1.10. The number of rotatable bonds is 1. The molecule has 74 valence electrons. The second-order valence-electron chi connectivity index (χ2n) is 3.52. The average Bonchev–Trinajstić information content (AvgIpc) is 2.11. The van der Waals surface area contributed by atoms with Gasteiger partial charge in [0.15, 0.2) is 0 Å². The van der Waals surface area contributed by atoms with Gasteiger partial charge < -0.3 is 5.11 Å². The molecule has 0 aliphatic heterocycles. The van der Waals surface area contributed by atoms with Crippen molar-refractivity contribution in [3.05, 3.63) is 27.7 Å². The van der Waals surface area contributed by atoms with Crippen LogP contribution in [-0.2, 0) is 5.41 Å². The molecule has 0 amide bonds. The molecule has 1 aromatic carbocycles. The Morgan fingerprint density at radius 2 is 1.93 bits per heavy atom. The Hall–Kier alpha value is -0.910. The lowest BCUT2D eigenvalue weighted by Gasteiger charge is -2.18. The van der Waals surface area contributed by atoms with Gasteiger partial charge in [-0.25, -0.2) is 0 Å². The van der Waals surface area contributed by atoms with E-state index in [-0.39, 0.29) is 10.8 Å². The maximum atomic E-state index is 9.65. The van der Waals surface area contributed by atoms with Crippen molar-refractivity contribution in [1.82, 2.24) is 0 Å². The summed E-state index contributed by atoms with van der Waals surface area (Å²) in [6, 6.07) is 5.06. The van der Waals surface area contributed by atoms with E-state index in [9.17, 15) is 5.11 Å². The lowest BCUT2D eigenvalue weighted by Crippen LogP contribution is -2.14. The number of phenolic OH excluding ortho intramolecular Hbond substituents is 1. The summed E-state index contributed by atoms with van der Waals surface area (Å²) in [6.45, 7) is 3.38. The Balaban J connectivity index is 3.44. The number of phenols is 1. The van der Waals surface area contributed by atoms with Gasteiger partial charge in [-0.15, -0.1) is 0 Å². The number of aromatic hydroxyl groups is 1. The quantitative estimate of drug-likeness (QED) is 0.802. The van der Waals surface area contributed by atoms with Crippen LogP contribution in [0.5, 0.6) is 5.75 Å². The molecule has 1 N–H and O–H groups in total. The summed E-state index contributed by atoms with van der Waals surface area (Å²) >= 11 is 11.5. The topological polar surface area (TPSA) is 44.0 Å². The molecule has 2 nitrogen and oxygen atoms in total. The second-order valence-corrected chi connectivity index (χ2v) is 4.36. The zero-order valence-corrected chi connectivity index (χ0v) is 9.32. The van der Waals surface area contributed by atoms with Crippen LogP contribution >= 0.6 is 23.2 Å². The number of benzene rings is 1. The van der Waals surface area contributed by atoms with Crippen LogP contribution in [0, 0.1) is 11.3 Å². The first kappa shape index (κ1) is 11.2. The predicted octanol–water partition coefficient (Wildman–Crippen LogP) is 3.50. The Morgan fingerprint density at radius 1 is 1.36 bits per heavy atom. The normalized spacial score (nSPS) is 11.1. The summed E-state index contributed by atoms with van der Waals surface area (Å²) in [6.07, 6.45) is 0. The van der Waals surface area contributed by atoms with E-state index in [1.165, 1.54) is 6.07 Å². The number of hydrogen-bond acceptors (Lipinski definition) is 2. The molecule has 0 spiro atoms. The van der Waals surface area contributed by atoms with Crippen LogP contribution in [0.2, 0.25) is 10.0 Å². The molecule has 0 aliphatic carbocycles. The van der Waals surface area contributed by atoms with Gasteiger partial charge in [-0.1, -0.05) is 23.2 Å². The Morgan fingerprint density at radius 3 is 2.43 bits per heavy atom. The number of nitriles is 1. The van der Waals surface area contributed by atoms with E-state index in [1.54, 1.807) is 19.9 Å². The van der Waals surface area contributed by atoms with Gasteiger partial charge in [0, 0.05) is 10.6 Å². The van der Waals surface area contributed by atoms with Gasteiger partial charge in [0.25, 0.3) is 0 Å². The molecule has 0 heterocycles. The number of nitrogens with zero attached hydrogens (tertiary/aromatic N) is 1. The molecule has 14 heavy (non-hydrogen) atoms. The van der Waals surface area contributed by atoms with Crippen molar-refractivity contribution >= 4 is 23.2 Å². The van der Waals surface area contributed by atoms with Crippen molar-refractivity contribution in [2.24, 2.45) is 0 Å². The van der Waals surface area contributed by atoms with Crippen molar-refractivity contribution in [3.63, 3.8) is 0 Å². The maximum Gasteiger partial charge on any atom is 0.139 e. The highest BCUT2D eigenvalue weighted by Crippen LogP contribution is 2.38. The van der Waals surface area contributed by atoms with Crippen LogP contribution in [0.1, 0.15) is 19.4 Å². The lowest BCUT2D eigenvalue weighted by atomic mass is 9.86. The van der Waals surface area contributed by atoms with Crippen LogP contribution in [0.25, 0.3) is 0 Å². The van der Waals surface area contributed by atoms with E-state index < -0.39 is 5.41 Å². The highest BCUT2D eigenvalue weighted by atomic mass is 35.5. The molecule has 1 rings (SSSR count). The Kier molecular flexibility index (Phi) is 2.94. The van der Waals surface area contributed by atoms with Crippen LogP contribution in [0.15, 0.2) is 12.1 Å². The van der Waals surface area contributed by atoms with Gasteiger partial charge in [-0.3, -0.25) is 0 Å². The molecule has 0 fully saturated rings. The fourth-order valence-corrected chi connectivity index (χ4v) is 1.60. The van der Waals surface area contributed by atoms with Gasteiger partial charge >= 0.3 is 0 Å². The van der Waals surface area contributed by atoms with Gasteiger partial charge in [0.2, 0.25) is 0 Å². The number of hydrogen-bond donors (Lipinski definition) is 1. The molecule has 0 saturated carbocycles. The van der Waals surface area contributed by atoms with Crippen LogP contribution in [0.3, 0.4) is 0 Å². The zero-order valence-electron chi connectivity index (χ0n) is 7.81. The van der Waals surface area contributed by atoms with Gasteiger partial charge in [0.05, 0.1) is 16.5 Å². The molecule has 0 unspecified atom stereocenters. The predicted molar refractivity (Wildman–Crippen MR) is 56.8 cm³/mol. The van der Waals surface area contributed by atoms with E-state index >= 15 is 0 Å². The van der Waals surface area contributed by atoms with E-state index in [4.69, 9.17) is 28.5 Å². The third-order valence-corrected chi connectivity index (χ3v) is 2.49. The summed E-state index contributed by atoms with van der Waals surface area (Å²) in [5, 5.41) is 19.1. The van der Waals surface area contributed by atoms with E-state index in [0.29, 0.717) is 10.6 Å². The SMILES string of the molecule is CC(C)(C#N)c1cc(Cl)cc(Cl)c1O. The summed E-state index contributed by atoms with van der Waals surface area (Å²) in [7, 11) is 0. The summed E-state index contributed by atoms with van der Waals surface area (Å²) < 4.78 is 0. The molecule has 0 aromatic heterocycles. The monoisotopic (exact) mass is 229 g/mol. The van der Waals surface area contributed by atoms with E-state index in [2.05, 4.69) is 6.07 Å². The first-order valence-electron chi connectivity index (χ1n) is 3.98. The minimum atomic E-state index is -0.807. The summed E-state index contributed by atoms with van der Waals surface area (Å²) in [5.41, 5.74) is -0.365. The van der Waals surface area contributed by atoms with E-state index in [1.807, 2.05) is 0 Å². The molecule has 0 bridgehead atoms. The Labute approximate surface area is 92.7 Å². The van der Waals surface area contributed by atoms with Gasteiger partial charge in [-0.05, 0) is 26.0 Å². The van der Waals surface area contributed by atoms with Crippen molar-refractivity contribution in [1.29, 1.82) is 5.26 Å². The third-order valence-electron chi connectivity index (χ3n) is 1.98. The molecule has 1 aromatic rings. The van der Waals surface area contributed by atoms with Gasteiger partial charge in [-0.2, -0.15) is 5.26 Å². The van der Waals surface area contributed by atoms with Gasteiger partial charge in [0.1, 0.15) is 5.75 Å². The fraction of sp³-hybridized carbons (Fsp3) is 0.300. The van der Waals surface area contributed by atoms with Crippen molar-refractivity contribution < 1.29 is 5.11 Å². The Bertz CT molecular complexity index is 407. The van der Waals surface area contributed by atoms with Crippen LogP contribution in [0.4, 0.5) is 0 Å². The highest BCUT2D eigenvalue weighted by Gasteiger charge is 2.25. The third kappa shape index (κ3) is 1.95. The molecule has 0 aliphatic rings.